The van der Waals surface area contributed by atoms with E-state index >= 15 is 0 Å². The summed E-state index contributed by atoms with van der Waals surface area (Å²) in [5, 5.41) is 2.73. The number of carbonyl (C=O) groups excluding carboxylic acids is 2. The molecule has 0 aliphatic rings. The summed E-state index contributed by atoms with van der Waals surface area (Å²) in [5.41, 5.74) is 0.139. The van der Waals surface area contributed by atoms with Crippen LogP contribution in [0.3, 0.4) is 0 Å². The fourth-order valence-corrected chi connectivity index (χ4v) is 3.93. The van der Waals surface area contributed by atoms with E-state index in [0.29, 0.717) is 6.54 Å². The Morgan fingerprint density at radius 3 is 2.27 bits per heavy atom. The fourth-order valence-electron chi connectivity index (χ4n) is 3.09. The first kappa shape index (κ1) is 26.2. The van der Waals surface area contributed by atoms with Crippen LogP contribution in [0.25, 0.3) is 0 Å². The Kier molecular flexibility index (Phi) is 8.92. The van der Waals surface area contributed by atoms with Gasteiger partial charge in [-0.15, -0.1) is 0 Å². The quantitative estimate of drug-likeness (QED) is 0.565. The Morgan fingerprint density at radius 1 is 1.03 bits per heavy atom. The third kappa shape index (κ3) is 7.52. The lowest BCUT2D eigenvalue weighted by Gasteiger charge is -2.31. The second kappa shape index (κ2) is 11.2. The molecule has 7 nitrogen and oxygen atoms in total. The number of benzene rings is 2. The summed E-state index contributed by atoms with van der Waals surface area (Å²) in [6.07, 6.45) is 0.894. The van der Waals surface area contributed by atoms with Gasteiger partial charge in [-0.05, 0) is 37.1 Å². The smallest absolute Gasteiger partial charge is 0.244 e. The first-order valence-corrected chi connectivity index (χ1v) is 12.3. The average molecular weight is 482 g/mol. The molecule has 1 atom stereocenters. The normalized spacial score (nSPS) is 12.3. The van der Waals surface area contributed by atoms with E-state index in [1.54, 1.807) is 6.07 Å². The van der Waals surface area contributed by atoms with Gasteiger partial charge in [0.2, 0.25) is 21.8 Å². The first-order valence-electron chi connectivity index (χ1n) is 10.4. The van der Waals surface area contributed by atoms with Crippen molar-refractivity contribution in [2.24, 2.45) is 5.92 Å². The van der Waals surface area contributed by atoms with Crippen LogP contribution in [-0.2, 0) is 26.2 Å². The maximum Gasteiger partial charge on any atom is 0.244 e. The Labute approximate surface area is 193 Å². The predicted octanol–water partition coefficient (Wildman–Crippen LogP) is 2.92. The van der Waals surface area contributed by atoms with Crippen molar-refractivity contribution >= 4 is 27.5 Å². The van der Waals surface area contributed by atoms with Gasteiger partial charge in [0, 0.05) is 18.7 Å². The molecule has 1 N–H and O–H groups in total. The van der Waals surface area contributed by atoms with Gasteiger partial charge in [-0.2, -0.15) is 0 Å². The van der Waals surface area contributed by atoms with Gasteiger partial charge in [-0.1, -0.05) is 38.1 Å². The summed E-state index contributed by atoms with van der Waals surface area (Å²) in [4.78, 5) is 27.1. The zero-order valence-electron chi connectivity index (χ0n) is 19.1. The molecule has 0 bridgehead atoms. The van der Waals surface area contributed by atoms with Crippen LogP contribution in [0.1, 0.15) is 26.3 Å². The van der Waals surface area contributed by atoms with E-state index in [-0.39, 0.29) is 23.7 Å². The maximum atomic E-state index is 14.3. The highest BCUT2D eigenvalue weighted by molar-refractivity contribution is 7.92. The van der Waals surface area contributed by atoms with E-state index < -0.39 is 46.1 Å². The van der Waals surface area contributed by atoms with E-state index in [4.69, 9.17) is 0 Å². The van der Waals surface area contributed by atoms with Gasteiger partial charge in [0.1, 0.15) is 24.2 Å². The van der Waals surface area contributed by atoms with Crippen LogP contribution < -0.4 is 9.62 Å². The van der Waals surface area contributed by atoms with E-state index in [9.17, 15) is 26.8 Å². The SMILES string of the molecule is CC(C)CNC(=O)[C@H](C)N(Cc1ccccc1F)C(=O)CN(c1cccc(F)c1)S(C)(=O)=O. The van der Waals surface area contributed by atoms with Crippen molar-refractivity contribution in [3.63, 3.8) is 0 Å². The molecule has 0 radical (unpaired) electrons. The highest BCUT2D eigenvalue weighted by Crippen LogP contribution is 2.20. The van der Waals surface area contributed by atoms with Crippen molar-refractivity contribution in [2.45, 2.75) is 33.4 Å². The molecule has 2 rings (SSSR count). The van der Waals surface area contributed by atoms with Crippen LogP contribution in [0.4, 0.5) is 14.5 Å². The Hall–Kier alpha value is -3.01. The van der Waals surface area contributed by atoms with E-state index in [1.165, 1.54) is 37.3 Å². The molecule has 33 heavy (non-hydrogen) atoms. The van der Waals surface area contributed by atoms with E-state index in [2.05, 4.69) is 5.32 Å². The second-order valence-corrected chi connectivity index (χ2v) is 10.1. The van der Waals surface area contributed by atoms with Gasteiger partial charge < -0.3 is 10.2 Å². The molecule has 0 fully saturated rings. The van der Waals surface area contributed by atoms with Gasteiger partial charge in [0.15, 0.2) is 0 Å². The fraction of sp³-hybridized carbons (Fsp3) is 0.391. The Balaban J connectivity index is 2.38. The summed E-state index contributed by atoms with van der Waals surface area (Å²) >= 11 is 0. The summed E-state index contributed by atoms with van der Waals surface area (Å²) in [6.45, 7) is 4.76. The molecule has 10 heteroatoms. The van der Waals surface area contributed by atoms with Crippen LogP contribution in [0.5, 0.6) is 0 Å². The number of nitrogens with one attached hydrogen (secondary N) is 1. The molecule has 0 aliphatic heterocycles. The number of sulfonamides is 1. The first-order chi connectivity index (χ1) is 15.4. The number of hydrogen-bond acceptors (Lipinski definition) is 4. The molecule has 2 aromatic rings. The minimum Gasteiger partial charge on any atom is -0.354 e. The van der Waals surface area contributed by atoms with Crippen LogP contribution >= 0.6 is 0 Å². The van der Waals surface area contributed by atoms with Crippen molar-refractivity contribution in [1.82, 2.24) is 10.2 Å². The molecule has 0 saturated carbocycles. The van der Waals surface area contributed by atoms with Gasteiger partial charge in [0.05, 0.1) is 11.9 Å². The molecule has 180 valence electrons. The van der Waals surface area contributed by atoms with Crippen LogP contribution in [0.2, 0.25) is 0 Å². The number of hydrogen-bond donors (Lipinski definition) is 1. The van der Waals surface area contributed by atoms with E-state index in [0.717, 1.165) is 27.6 Å². The summed E-state index contributed by atoms with van der Waals surface area (Å²) in [6, 6.07) is 9.63. The third-order valence-corrected chi connectivity index (χ3v) is 6.07. The molecule has 2 aromatic carbocycles. The molecule has 0 aromatic heterocycles. The molecule has 0 unspecified atom stereocenters. The van der Waals surface area contributed by atoms with Gasteiger partial charge >= 0.3 is 0 Å². The standard InChI is InChI=1S/C23H29F2N3O4S/c1-16(2)13-26-23(30)17(3)27(14-18-8-5-6-11-21(18)25)22(29)15-28(33(4,31)32)20-10-7-9-19(24)12-20/h5-12,16-17H,13-15H2,1-4H3,(H,26,30)/t17-/m0/s1. The zero-order valence-corrected chi connectivity index (χ0v) is 19.9. The van der Waals surface area contributed by atoms with Crippen LogP contribution in [0.15, 0.2) is 48.5 Å². The molecule has 0 aliphatic carbocycles. The molecular weight excluding hydrogens is 452 g/mol. The number of anilines is 1. The minimum absolute atomic E-state index is 0.0337. The van der Waals surface area contributed by atoms with Crippen molar-refractivity contribution in [2.75, 3.05) is 23.7 Å². The number of halogens is 2. The highest BCUT2D eigenvalue weighted by Gasteiger charge is 2.30. The molecular formula is C23H29F2N3O4S. The van der Waals surface area contributed by atoms with Gasteiger partial charge in [0.25, 0.3) is 0 Å². The predicted molar refractivity (Wildman–Crippen MR) is 123 cm³/mol. The third-order valence-electron chi connectivity index (χ3n) is 4.93. The number of carbonyl (C=O) groups is 2. The zero-order chi connectivity index (χ0) is 24.8. The van der Waals surface area contributed by atoms with Crippen molar-refractivity contribution < 1.29 is 26.8 Å². The van der Waals surface area contributed by atoms with Crippen LogP contribution in [0, 0.1) is 17.6 Å². The number of nitrogens with zero attached hydrogens (tertiary/aromatic N) is 2. The summed E-state index contributed by atoms with van der Waals surface area (Å²) in [7, 11) is -3.97. The van der Waals surface area contributed by atoms with Crippen molar-refractivity contribution in [1.29, 1.82) is 0 Å². The topological polar surface area (TPSA) is 86.8 Å². The van der Waals surface area contributed by atoms with Crippen LogP contribution in [-0.4, -0.2) is 50.5 Å². The molecule has 0 spiro atoms. The molecule has 0 saturated heterocycles. The highest BCUT2D eigenvalue weighted by atomic mass is 32.2. The summed E-state index contributed by atoms with van der Waals surface area (Å²) < 4.78 is 53.6. The monoisotopic (exact) mass is 481 g/mol. The maximum absolute atomic E-state index is 14.3. The largest absolute Gasteiger partial charge is 0.354 e. The minimum atomic E-state index is -3.97. The molecule has 0 heterocycles. The van der Waals surface area contributed by atoms with Gasteiger partial charge in [-0.25, -0.2) is 17.2 Å². The van der Waals surface area contributed by atoms with E-state index in [1.807, 2.05) is 13.8 Å². The van der Waals surface area contributed by atoms with Crippen molar-refractivity contribution in [3.05, 3.63) is 65.7 Å². The van der Waals surface area contributed by atoms with Gasteiger partial charge in [-0.3, -0.25) is 13.9 Å². The lowest BCUT2D eigenvalue weighted by atomic mass is 10.1. The average Bonchev–Trinajstić information content (AvgIpc) is 2.73. The molecule has 2 amide bonds. The van der Waals surface area contributed by atoms with Crippen molar-refractivity contribution in [3.8, 4) is 0 Å². The lowest BCUT2D eigenvalue weighted by molar-refractivity contribution is -0.139. The number of amides is 2. The Bertz CT molecular complexity index is 1090. The number of rotatable bonds is 10. The Morgan fingerprint density at radius 2 is 1.70 bits per heavy atom. The second-order valence-electron chi connectivity index (χ2n) is 8.18. The lowest BCUT2D eigenvalue weighted by Crippen LogP contribution is -2.51. The summed E-state index contributed by atoms with van der Waals surface area (Å²) in [5.74, 6) is -2.25.